The smallest absolute Gasteiger partial charge is 0.265 e. The molecule has 0 spiro atoms. The Hall–Kier alpha value is -4.13. The molecule has 0 unspecified atom stereocenters. The molecular weight excluding hydrogens is 376 g/mol. The topological polar surface area (TPSA) is 78.0 Å². The van der Waals surface area contributed by atoms with Gasteiger partial charge >= 0.3 is 0 Å². The molecule has 0 aliphatic heterocycles. The minimum absolute atomic E-state index is 0.196. The van der Waals surface area contributed by atoms with Crippen LogP contribution in [-0.4, -0.2) is 30.4 Å². The maximum atomic E-state index is 13.1. The first kappa shape index (κ1) is 17.9. The largest absolute Gasteiger partial charge is 0.295 e. The molecule has 0 saturated heterocycles. The second-order valence-electron chi connectivity index (χ2n) is 7.04. The van der Waals surface area contributed by atoms with E-state index in [-0.39, 0.29) is 5.56 Å². The van der Waals surface area contributed by atoms with Crippen molar-refractivity contribution < 1.29 is 0 Å². The van der Waals surface area contributed by atoms with Gasteiger partial charge in [0, 0.05) is 6.54 Å². The molecule has 0 radical (unpaired) electrons. The van der Waals surface area contributed by atoms with Crippen molar-refractivity contribution in [3.63, 3.8) is 0 Å². The molecule has 0 fully saturated rings. The van der Waals surface area contributed by atoms with Crippen LogP contribution in [0.25, 0.3) is 33.2 Å². The standard InChI is InChI=1S/C23H18N6O/c1-3-12-28-14-24-21-19(23(28)30)20-22(27-18-7-5-4-6-17(18)26-20)29(21)25-13-16-10-8-15(2)9-11-16/h3-11,13-14H,1,12H2,2H3. The van der Waals surface area contributed by atoms with Crippen LogP contribution in [-0.2, 0) is 6.54 Å². The summed E-state index contributed by atoms with van der Waals surface area (Å²) in [7, 11) is 0. The molecule has 0 N–H and O–H groups in total. The third kappa shape index (κ3) is 2.88. The summed E-state index contributed by atoms with van der Waals surface area (Å²) < 4.78 is 3.09. The molecule has 0 amide bonds. The van der Waals surface area contributed by atoms with Crippen molar-refractivity contribution in [3.8, 4) is 0 Å². The maximum Gasteiger partial charge on any atom is 0.265 e. The molecule has 0 aliphatic rings. The summed E-state index contributed by atoms with van der Waals surface area (Å²) in [4.78, 5) is 27.1. The summed E-state index contributed by atoms with van der Waals surface area (Å²) in [5, 5.41) is 5.00. The lowest BCUT2D eigenvalue weighted by molar-refractivity contribution is 0.763. The van der Waals surface area contributed by atoms with Crippen LogP contribution in [0.5, 0.6) is 0 Å². The minimum atomic E-state index is -0.196. The molecule has 5 aromatic rings. The van der Waals surface area contributed by atoms with Gasteiger partial charge in [-0.05, 0) is 24.6 Å². The molecule has 5 rings (SSSR count). The van der Waals surface area contributed by atoms with Crippen LogP contribution < -0.4 is 5.56 Å². The molecule has 7 heteroatoms. The second-order valence-corrected chi connectivity index (χ2v) is 7.04. The van der Waals surface area contributed by atoms with Crippen LogP contribution in [0.3, 0.4) is 0 Å². The molecule has 0 saturated carbocycles. The van der Waals surface area contributed by atoms with Crippen LogP contribution in [0.1, 0.15) is 11.1 Å². The third-order valence-electron chi connectivity index (χ3n) is 4.93. The predicted molar refractivity (Wildman–Crippen MR) is 119 cm³/mol. The molecule has 3 heterocycles. The monoisotopic (exact) mass is 394 g/mol. The molecular formula is C23H18N6O. The number of benzene rings is 2. The van der Waals surface area contributed by atoms with Crippen LogP contribution in [0.4, 0.5) is 0 Å². The van der Waals surface area contributed by atoms with Crippen molar-refractivity contribution in [1.29, 1.82) is 0 Å². The van der Waals surface area contributed by atoms with E-state index in [0.29, 0.717) is 34.3 Å². The van der Waals surface area contributed by atoms with E-state index in [0.717, 1.165) is 11.1 Å². The van der Waals surface area contributed by atoms with Gasteiger partial charge in [0.25, 0.3) is 5.56 Å². The fraction of sp³-hybridized carbons (Fsp3) is 0.0870. The Labute approximate surface area is 171 Å². The lowest BCUT2D eigenvalue weighted by atomic mass is 10.2. The first-order valence-electron chi connectivity index (χ1n) is 9.54. The van der Waals surface area contributed by atoms with Crippen molar-refractivity contribution >= 4 is 39.4 Å². The van der Waals surface area contributed by atoms with Crippen molar-refractivity contribution in [2.24, 2.45) is 5.10 Å². The molecule has 30 heavy (non-hydrogen) atoms. The van der Waals surface area contributed by atoms with Gasteiger partial charge in [0.15, 0.2) is 11.3 Å². The highest BCUT2D eigenvalue weighted by atomic mass is 16.1. The quantitative estimate of drug-likeness (QED) is 0.344. The van der Waals surface area contributed by atoms with Gasteiger partial charge in [-0.2, -0.15) is 9.78 Å². The maximum absolute atomic E-state index is 13.1. The lowest BCUT2D eigenvalue weighted by Crippen LogP contribution is -2.19. The van der Waals surface area contributed by atoms with Gasteiger partial charge in [0.05, 0.1) is 17.2 Å². The average molecular weight is 394 g/mol. The van der Waals surface area contributed by atoms with Gasteiger partial charge in [-0.25, -0.2) is 15.0 Å². The fourth-order valence-electron chi connectivity index (χ4n) is 3.41. The van der Waals surface area contributed by atoms with Crippen LogP contribution in [0, 0.1) is 6.92 Å². The summed E-state index contributed by atoms with van der Waals surface area (Å²) in [5.74, 6) is 0. The van der Waals surface area contributed by atoms with Crippen molar-refractivity contribution in [2.75, 3.05) is 0 Å². The van der Waals surface area contributed by atoms with Gasteiger partial charge in [-0.3, -0.25) is 9.36 Å². The molecule has 0 bridgehead atoms. The number of fused-ring (bicyclic) bond motifs is 4. The highest BCUT2D eigenvalue weighted by Crippen LogP contribution is 2.24. The molecule has 3 aromatic heterocycles. The summed E-state index contributed by atoms with van der Waals surface area (Å²) >= 11 is 0. The molecule has 146 valence electrons. The Bertz CT molecular complexity index is 1510. The van der Waals surface area contributed by atoms with Crippen LogP contribution in [0.2, 0.25) is 0 Å². The zero-order valence-corrected chi connectivity index (χ0v) is 16.4. The molecule has 0 aliphatic carbocycles. The number of aryl methyl sites for hydroxylation is 1. The summed E-state index contributed by atoms with van der Waals surface area (Å²) in [6, 6.07) is 15.6. The number of para-hydroxylation sites is 2. The van der Waals surface area contributed by atoms with Gasteiger partial charge in [0.1, 0.15) is 17.2 Å². The van der Waals surface area contributed by atoms with E-state index in [1.807, 2.05) is 55.5 Å². The Morgan fingerprint density at radius 3 is 2.50 bits per heavy atom. The van der Waals surface area contributed by atoms with Gasteiger partial charge in [0.2, 0.25) is 0 Å². The Balaban J connectivity index is 1.83. The van der Waals surface area contributed by atoms with Crippen molar-refractivity contribution in [3.05, 3.63) is 89.0 Å². The summed E-state index contributed by atoms with van der Waals surface area (Å²) in [5.41, 5.74) is 4.76. The van der Waals surface area contributed by atoms with E-state index in [4.69, 9.17) is 9.97 Å². The number of hydrogen-bond acceptors (Lipinski definition) is 5. The highest BCUT2D eigenvalue weighted by molar-refractivity contribution is 6.04. The summed E-state index contributed by atoms with van der Waals surface area (Å²) in [6.07, 6.45) is 4.89. The SMILES string of the molecule is C=CCn1cnc2c(c1=O)c1nc3ccccc3nc1n2N=Cc1ccc(C)cc1. The van der Waals surface area contributed by atoms with Gasteiger partial charge in [-0.1, -0.05) is 48.0 Å². The van der Waals surface area contributed by atoms with E-state index in [9.17, 15) is 4.79 Å². The van der Waals surface area contributed by atoms with E-state index < -0.39 is 0 Å². The minimum Gasteiger partial charge on any atom is -0.295 e. The van der Waals surface area contributed by atoms with E-state index in [1.165, 1.54) is 16.5 Å². The number of nitrogens with zero attached hydrogens (tertiary/aromatic N) is 6. The first-order chi connectivity index (χ1) is 14.7. The first-order valence-corrected chi connectivity index (χ1v) is 9.54. The number of allylic oxidation sites excluding steroid dienone is 1. The second kappa shape index (κ2) is 7.04. The number of aromatic nitrogens is 5. The Morgan fingerprint density at radius 1 is 1.03 bits per heavy atom. The molecule has 0 atom stereocenters. The Kier molecular flexibility index (Phi) is 4.21. The van der Waals surface area contributed by atoms with Crippen LogP contribution in [0.15, 0.2) is 77.4 Å². The zero-order valence-electron chi connectivity index (χ0n) is 16.4. The van der Waals surface area contributed by atoms with E-state index in [1.54, 1.807) is 17.0 Å². The van der Waals surface area contributed by atoms with Crippen molar-refractivity contribution in [2.45, 2.75) is 13.5 Å². The third-order valence-corrected chi connectivity index (χ3v) is 4.93. The highest BCUT2D eigenvalue weighted by Gasteiger charge is 2.19. The summed E-state index contributed by atoms with van der Waals surface area (Å²) in [6.45, 7) is 6.11. The van der Waals surface area contributed by atoms with Crippen molar-refractivity contribution in [1.82, 2.24) is 24.2 Å². The zero-order chi connectivity index (χ0) is 20.7. The lowest BCUT2D eigenvalue weighted by Gasteiger charge is -2.02. The fourth-order valence-corrected chi connectivity index (χ4v) is 3.41. The van der Waals surface area contributed by atoms with E-state index >= 15 is 0 Å². The molecule has 7 nitrogen and oxygen atoms in total. The van der Waals surface area contributed by atoms with Gasteiger partial charge in [-0.15, -0.1) is 6.58 Å². The number of hydrogen-bond donors (Lipinski definition) is 0. The Morgan fingerprint density at radius 2 is 1.77 bits per heavy atom. The number of rotatable bonds is 4. The normalized spacial score (nSPS) is 11.8. The predicted octanol–water partition coefficient (Wildman–Crippen LogP) is 3.67. The molecule has 2 aromatic carbocycles. The average Bonchev–Trinajstić information content (AvgIpc) is 3.07. The van der Waals surface area contributed by atoms with E-state index in [2.05, 4.69) is 16.7 Å². The van der Waals surface area contributed by atoms with Gasteiger partial charge < -0.3 is 0 Å². The van der Waals surface area contributed by atoms with Crippen LogP contribution >= 0.6 is 0 Å².